The number of rotatable bonds is 4. The van der Waals surface area contributed by atoms with Crippen LogP contribution in [0.4, 0.5) is 16.2 Å². The molecule has 2 saturated heterocycles. The van der Waals surface area contributed by atoms with Crippen LogP contribution in [0.3, 0.4) is 0 Å². The van der Waals surface area contributed by atoms with Crippen molar-refractivity contribution < 1.29 is 9.53 Å². The number of likely N-dealkylation sites (N-methyl/N-ethyl adjacent to an activating group) is 1. The van der Waals surface area contributed by atoms with Crippen LogP contribution in [0.5, 0.6) is 0 Å². The molecule has 0 bridgehead atoms. The van der Waals surface area contributed by atoms with E-state index in [1.165, 1.54) is 0 Å². The van der Waals surface area contributed by atoms with Crippen molar-refractivity contribution in [3.63, 3.8) is 0 Å². The second-order valence-corrected chi connectivity index (χ2v) is 6.75. The van der Waals surface area contributed by atoms with E-state index in [0.717, 1.165) is 57.0 Å². The fourth-order valence-corrected chi connectivity index (χ4v) is 3.36. The zero-order valence-corrected chi connectivity index (χ0v) is 14.6. The third kappa shape index (κ3) is 4.19. The SMILES string of the molecule is CC(NC(=O)Nc1ccccc1N1CCN(C)CC1)C1CCCO1. The number of piperazine rings is 1. The van der Waals surface area contributed by atoms with Gasteiger partial charge in [-0.3, -0.25) is 0 Å². The summed E-state index contributed by atoms with van der Waals surface area (Å²) < 4.78 is 5.64. The standard InChI is InChI=1S/C18H28N4O2/c1-14(17-8-5-13-24-17)19-18(23)20-15-6-3-4-7-16(15)22-11-9-21(2)10-12-22/h3-4,6-7,14,17H,5,8-13H2,1-2H3,(H2,19,20,23). The van der Waals surface area contributed by atoms with Crippen LogP contribution in [0.15, 0.2) is 24.3 Å². The highest BCUT2D eigenvalue weighted by molar-refractivity contribution is 5.93. The lowest BCUT2D eigenvalue weighted by atomic mass is 10.1. The van der Waals surface area contributed by atoms with Gasteiger partial charge < -0.3 is 25.2 Å². The molecule has 2 aliphatic rings. The Labute approximate surface area is 144 Å². The first-order valence-corrected chi connectivity index (χ1v) is 8.85. The van der Waals surface area contributed by atoms with Gasteiger partial charge in [-0.1, -0.05) is 12.1 Å². The second kappa shape index (κ2) is 7.85. The van der Waals surface area contributed by atoms with Gasteiger partial charge in [0.1, 0.15) is 0 Å². The number of amides is 2. The van der Waals surface area contributed by atoms with Crippen molar-refractivity contribution in [2.24, 2.45) is 0 Å². The predicted molar refractivity (Wildman–Crippen MR) is 96.7 cm³/mol. The Bertz CT molecular complexity index is 552. The lowest BCUT2D eigenvalue weighted by Gasteiger charge is -2.35. The molecule has 2 amide bonds. The van der Waals surface area contributed by atoms with Gasteiger partial charge in [0, 0.05) is 32.8 Å². The van der Waals surface area contributed by atoms with Gasteiger partial charge in [0.25, 0.3) is 0 Å². The summed E-state index contributed by atoms with van der Waals surface area (Å²) in [6, 6.07) is 7.86. The van der Waals surface area contributed by atoms with E-state index in [4.69, 9.17) is 4.74 Å². The van der Waals surface area contributed by atoms with Crippen LogP contribution in [0.25, 0.3) is 0 Å². The zero-order chi connectivity index (χ0) is 16.9. The zero-order valence-electron chi connectivity index (χ0n) is 14.6. The summed E-state index contributed by atoms with van der Waals surface area (Å²) in [5.74, 6) is 0. The lowest BCUT2D eigenvalue weighted by Crippen LogP contribution is -2.45. The van der Waals surface area contributed by atoms with Crippen LogP contribution >= 0.6 is 0 Å². The summed E-state index contributed by atoms with van der Waals surface area (Å²) in [7, 11) is 2.14. The Balaban J connectivity index is 1.61. The molecule has 2 atom stereocenters. The average molecular weight is 332 g/mol. The normalized spacial score (nSPS) is 23.1. The Morgan fingerprint density at radius 3 is 2.71 bits per heavy atom. The first-order valence-electron chi connectivity index (χ1n) is 8.85. The number of hydrogen-bond donors (Lipinski definition) is 2. The fourth-order valence-electron chi connectivity index (χ4n) is 3.36. The highest BCUT2D eigenvalue weighted by atomic mass is 16.5. The molecule has 2 aliphatic heterocycles. The molecule has 6 nitrogen and oxygen atoms in total. The molecular formula is C18H28N4O2. The van der Waals surface area contributed by atoms with Crippen molar-refractivity contribution in [1.29, 1.82) is 0 Å². The minimum atomic E-state index is -0.167. The van der Waals surface area contributed by atoms with E-state index < -0.39 is 0 Å². The summed E-state index contributed by atoms with van der Waals surface area (Å²) in [6.07, 6.45) is 2.22. The van der Waals surface area contributed by atoms with Gasteiger partial charge in [0.2, 0.25) is 0 Å². The maximum atomic E-state index is 12.4. The number of nitrogens with zero attached hydrogens (tertiary/aromatic N) is 2. The Morgan fingerprint density at radius 2 is 2.00 bits per heavy atom. The smallest absolute Gasteiger partial charge is 0.319 e. The van der Waals surface area contributed by atoms with Gasteiger partial charge in [-0.05, 0) is 38.9 Å². The molecule has 0 aromatic heterocycles. The Kier molecular flexibility index (Phi) is 5.58. The van der Waals surface area contributed by atoms with Crippen LogP contribution in [0.2, 0.25) is 0 Å². The number of benzene rings is 1. The molecule has 3 rings (SSSR count). The minimum absolute atomic E-state index is 0.0169. The molecule has 132 valence electrons. The quantitative estimate of drug-likeness (QED) is 0.887. The van der Waals surface area contributed by atoms with E-state index in [-0.39, 0.29) is 18.2 Å². The number of nitrogens with one attached hydrogen (secondary N) is 2. The minimum Gasteiger partial charge on any atom is -0.376 e. The first kappa shape index (κ1) is 17.0. The summed E-state index contributed by atoms with van der Waals surface area (Å²) in [5, 5.41) is 6.02. The fraction of sp³-hybridized carbons (Fsp3) is 0.611. The summed E-state index contributed by atoms with van der Waals surface area (Å²) in [5.41, 5.74) is 1.95. The van der Waals surface area contributed by atoms with Crippen LogP contribution < -0.4 is 15.5 Å². The summed E-state index contributed by atoms with van der Waals surface area (Å²) in [6.45, 7) is 6.83. The van der Waals surface area contributed by atoms with Gasteiger partial charge in [-0.2, -0.15) is 0 Å². The van der Waals surface area contributed by atoms with Crippen molar-refractivity contribution in [3.8, 4) is 0 Å². The molecule has 2 N–H and O–H groups in total. The second-order valence-electron chi connectivity index (χ2n) is 6.75. The molecule has 1 aromatic rings. The molecule has 2 heterocycles. The molecular weight excluding hydrogens is 304 g/mol. The van der Waals surface area contributed by atoms with Gasteiger partial charge >= 0.3 is 6.03 Å². The van der Waals surface area contributed by atoms with Crippen LogP contribution in [-0.2, 0) is 4.74 Å². The molecule has 6 heteroatoms. The molecule has 0 aliphatic carbocycles. The van der Waals surface area contributed by atoms with Crippen molar-refractivity contribution >= 4 is 17.4 Å². The third-order valence-corrected chi connectivity index (χ3v) is 4.88. The lowest BCUT2D eigenvalue weighted by molar-refractivity contribution is 0.0868. The van der Waals surface area contributed by atoms with E-state index >= 15 is 0 Å². The van der Waals surface area contributed by atoms with Gasteiger partial charge in [0.15, 0.2) is 0 Å². The van der Waals surface area contributed by atoms with Crippen molar-refractivity contribution in [3.05, 3.63) is 24.3 Å². The predicted octanol–water partition coefficient (Wildman–Crippen LogP) is 2.13. The van der Waals surface area contributed by atoms with Gasteiger partial charge in [-0.15, -0.1) is 0 Å². The first-order chi connectivity index (χ1) is 11.6. The maximum Gasteiger partial charge on any atom is 0.319 e. The van der Waals surface area contributed by atoms with Gasteiger partial charge in [0.05, 0.1) is 23.5 Å². The Morgan fingerprint density at radius 1 is 1.25 bits per heavy atom. The van der Waals surface area contributed by atoms with E-state index in [1.54, 1.807) is 0 Å². The molecule has 24 heavy (non-hydrogen) atoms. The Hall–Kier alpha value is -1.79. The van der Waals surface area contributed by atoms with E-state index in [0.29, 0.717) is 0 Å². The molecule has 2 unspecified atom stereocenters. The number of carbonyl (C=O) groups excluding carboxylic acids is 1. The molecule has 0 radical (unpaired) electrons. The largest absolute Gasteiger partial charge is 0.376 e. The maximum absolute atomic E-state index is 12.4. The molecule has 0 saturated carbocycles. The number of para-hydroxylation sites is 2. The number of urea groups is 1. The van der Waals surface area contributed by atoms with Crippen LogP contribution in [0.1, 0.15) is 19.8 Å². The van der Waals surface area contributed by atoms with E-state index in [1.807, 2.05) is 25.1 Å². The van der Waals surface area contributed by atoms with Crippen LogP contribution in [-0.4, -0.2) is 62.9 Å². The molecule has 1 aromatic carbocycles. The van der Waals surface area contributed by atoms with Crippen molar-refractivity contribution in [2.45, 2.75) is 31.9 Å². The highest BCUT2D eigenvalue weighted by Gasteiger charge is 2.24. The summed E-state index contributed by atoms with van der Waals surface area (Å²) >= 11 is 0. The topological polar surface area (TPSA) is 56.8 Å². The van der Waals surface area contributed by atoms with E-state index in [9.17, 15) is 4.79 Å². The molecule has 2 fully saturated rings. The molecule has 0 spiro atoms. The average Bonchev–Trinajstić information content (AvgIpc) is 3.11. The third-order valence-electron chi connectivity index (χ3n) is 4.88. The number of ether oxygens (including phenoxy) is 1. The number of carbonyl (C=O) groups is 1. The monoisotopic (exact) mass is 332 g/mol. The van der Waals surface area contributed by atoms with Crippen LogP contribution in [0, 0.1) is 0 Å². The van der Waals surface area contributed by atoms with Crippen molar-refractivity contribution in [2.75, 3.05) is 50.1 Å². The number of hydrogen-bond acceptors (Lipinski definition) is 4. The number of anilines is 2. The highest BCUT2D eigenvalue weighted by Crippen LogP contribution is 2.26. The summed E-state index contributed by atoms with van der Waals surface area (Å²) in [4.78, 5) is 17.0. The van der Waals surface area contributed by atoms with Gasteiger partial charge in [-0.25, -0.2) is 4.79 Å². The van der Waals surface area contributed by atoms with Crippen molar-refractivity contribution in [1.82, 2.24) is 10.2 Å². The van der Waals surface area contributed by atoms with E-state index in [2.05, 4.69) is 33.5 Å².